The third-order valence-electron chi connectivity index (χ3n) is 9.37. The van der Waals surface area contributed by atoms with Crippen LogP contribution in [0, 0.1) is 34.5 Å². The minimum Gasteiger partial charge on any atom is -0.458 e. The first kappa shape index (κ1) is 16.1. The van der Waals surface area contributed by atoms with Crippen LogP contribution in [0.4, 0.5) is 0 Å². The zero-order valence-electron chi connectivity index (χ0n) is 15.6. The van der Waals surface area contributed by atoms with Crippen molar-refractivity contribution >= 4 is 11.8 Å². The first-order valence-electron chi connectivity index (χ1n) is 10.3. The smallest absolute Gasteiger partial charge is 0.306 e. The number of carbonyl (C=O) groups excluding carboxylic acids is 2. The van der Waals surface area contributed by atoms with Crippen LogP contribution >= 0.6 is 0 Å². The Morgan fingerprint density at radius 3 is 2.56 bits per heavy atom. The second-order valence-corrected chi connectivity index (χ2v) is 9.98. The molecule has 4 unspecified atom stereocenters. The van der Waals surface area contributed by atoms with Gasteiger partial charge in [-0.2, -0.15) is 0 Å². The van der Waals surface area contributed by atoms with E-state index in [1.807, 2.05) is 6.08 Å². The highest BCUT2D eigenvalue weighted by Gasteiger charge is 2.67. The SMILES string of the molecule is C[C@]12C=CC(=O)CC1CCC1C2CC[C@@]2(C)C1CC[C@@]21CCC(=O)O1. The van der Waals surface area contributed by atoms with Gasteiger partial charge in [-0.05, 0) is 80.1 Å². The number of esters is 1. The van der Waals surface area contributed by atoms with E-state index in [0.29, 0.717) is 30.0 Å². The fraction of sp³-hybridized carbons (Fsp3) is 0.818. The highest BCUT2D eigenvalue weighted by Crippen LogP contribution is 2.69. The highest BCUT2D eigenvalue weighted by atomic mass is 16.6. The average molecular weight is 342 g/mol. The minimum atomic E-state index is -0.171. The summed E-state index contributed by atoms with van der Waals surface area (Å²) in [6.45, 7) is 4.84. The number of ketones is 1. The summed E-state index contributed by atoms with van der Waals surface area (Å²) in [6, 6.07) is 0. The number of hydrogen-bond acceptors (Lipinski definition) is 3. The van der Waals surface area contributed by atoms with Gasteiger partial charge in [0, 0.05) is 18.3 Å². The molecule has 3 nitrogen and oxygen atoms in total. The lowest BCUT2D eigenvalue weighted by atomic mass is 9.45. The van der Waals surface area contributed by atoms with Gasteiger partial charge in [0.2, 0.25) is 0 Å². The van der Waals surface area contributed by atoms with E-state index in [4.69, 9.17) is 4.74 Å². The van der Waals surface area contributed by atoms with Gasteiger partial charge < -0.3 is 4.74 Å². The van der Waals surface area contributed by atoms with Crippen LogP contribution in [0.25, 0.3) is 0 Å². The van der Waals surface area contributed by atoms with Crippen LogP contribution in [-0.2, 0) is 14.3 Å². The Hall–Kier alpha value is -1.12. The van der Waals surface area contributed by atoms with Crippen LogP contribution in [-0.4, -0.2) is 17.4 Å². The van der Waals surface area contributed by atoms with Crippen LogP contribution in [0.15, 0.2) is 12.2 Å². The van der Waals surface area contributed by atoms with Crippen molar-refractivity contribution in [1.82, 2.24) is 0 Å². The lowest BCUT2D eigenvalue weighted by molar-refractivity contribution is -0.170. The van der Waals surface area contributed by atoms with Crippen molar-refractivity contribution in [3.63, 3.8) is 0 Å². The van der Waals surface area contributed by atoms with E-state index < -0.39 is 0 Å². The third-order valence-corrected chi connectivity index (χ3v) is 9.37. The first-order chi connectivity index (χ1) is 11.9. The van der Waals surface area contributed by atoms with Crippen molar-refractivity contribution in [2.75, 3.05) is 0 Å². The van der Waals surface area contributed by atoms with Gasteiger partial charge in [0.15, 0.2) is 5.78 Å². The van der Waals surface area contributed by atoms with Gasteiger partial charge in [-0.25, -0.2) is 0 Å². The lowest BCUT2D eigenvalue weighted by Gasteiger charge is -2.59. The van der Waals surface area contributed by atoms with Crippen LogP contribution in [0.1, 0.15) is 71.6 Å². The van der Waals surface area contributed by atoms with E-state index in [0.717, 1.165) is 25.2 Å². The maximum absolute atomic E-state index is 11.9. The summed E-state index contributed by atoms with van der Waals surface area (Å²) in [5, 5.41) is 0. The Kier molecular flexibility index (Phi) is 3.21. The van der Waals surface area contributed by atoms with E-state index in [1.165, 1.54) is 32.1 Å². The van der Waals surface area contributed by atoms with E-state index in [1.54, 1.807) is 0 Å². The highest BCUT2D eigenvalue weighted by molar-refractivity contribution is 5.91. The maximum atomic E-state index is 11.9. The fourth-order valence-electron chi connectivity index (χ4n) is 7.93. The van der Waals surface area contributed by atoms with E-state index >= 15 is 0 Å². The molecule has 0 amide bonds. The Labute approximate surface area is 150 Å². The zero-order valence-corrected chi connectivity index (χ0v) is 15.6. The van der Waals surface area contributed by atoms with Crippen molar-refractivity contribution in [3.05, 3.63) is 12.2 Å². The monoisotopic (exact) mass is 342 g/mol. The van der Waals surface area contributed by atoms with Crippen LogP contribution in [0.2, 0.25) is 0 Å². The molecule has 0 radical (unpaired) electrons. The van der Waals surface area contributed by atoms with Gasteiger partial charge in [-0.3, -0.25) is 9.59 Å². The number of ether oxygens (including phenoxy) is 1. The summed E-state index contributed by atoms with van der Waals surface area (Å²) < 4.78 is 6.01. The Morgan fingerprint density at radius 1 is 1.00 bits per heavy atom. The number of fused-ring (bicyclic) bond motifs is 6. The molecule has 4 aliphatic carbocycles. The molecule has 0 aromatic rings. The molecule has 1 aliphatic heterocycles. The van der Waals surface area contributed by atoms with Crippen molar-refractivity contribution in [2.45, 2.75) is 77.2 Å². The van der Waals surface area contributed by atoms with Crippen LogP contribution in [0.3, 0.4) is 0 Å². The number of rotatable bonds is 0. The largest absolute Gasteiger partial charge is 0.458 e. The topological polar surface area (TPSA) is 43.4 Å². The summed E-state index contributed by atoms with van der Waals surface area (Å²) in [4.78, 5) is 23.8. The van der Waals surface area contributed by atoms with Gasteiger partial charge >= 0.3 is 5.97 Å². The molecule has 4 fully saturated rings. The molecule has 1 spiro atoms. The molecule has 5 rings (SSSR count). The normalized spacial score (nSPS) is 54.2. The second kappa shape index (κ2) is 4.98. The summed E-state index contributed by atoms with van der Waals surface area (Å²) in [5.74, 6) is 2.99. The number of hydrogen-bond donors (Lipinski definition) is 0. The second-order valence-electron chi connectivity index (χ2n) is 9.98. The average Bonchev–Trinajstić information content (AvgIpc) is 3.10. The molecule has 136 valence electrons. The molecule has 0 bridgehead atoms. The molecule has 0 aromatic heterocycles. The third kappa shape index (κ3) is 1.93. The fourth-order valence-corrected chi connectivity index (χ4v) is 7.93. The minimum absolute atomic E-state index is 0.0217. The van der Waals surface area contributed by atoms with Crippen molar-refractivity contribution < 1.29 is 14.3 Å². The molecule has 5 aliphatic rings. The van der Waals surface area contributed by atoms with Gasteiger partial charge in [-0.1, -0.05) is 19.9 Å². The first-order valence-corrected chi connectivity index (χ1v) is 10.3. The van der Waals surface area contributed by atoms with Crippen molar-refractivity contribution in [2.24, 2.45) is 34.5 Å². The Morgan fingerprint density at radius 2 is 1.80 bits per heavy atom. The molecule has 25 heavy (non-hydrogen) atoms. The molecule has 0 N–H and O–H groups in total. The van der Waals surface area contributed by atoms with Gasteiger partial charge in [-0.15, -0.1) is 0 Å². The van der Waals surface area contributed by atoms with Crippen molar-refractivity contribution in [3.8, 4) is 0 Å². The number of carbonyl (C=O) groups is 2. The van der Waals surface area contributed by atoms with Gasteiger partial charge in [0.05, 0.1) is 0 Å². The molecule has 3 heteroatoms. The predicted octanol–water partition coefficient (Wildman–Crippen LogP) is 4.45. The zero-order chi connectivity index (χ0) is 17.4. The molecular formula is C22H30O3. The summed E-state index contributed by atoms with van der Waals surface area (Å²) in [7, 11) is 0. The molecule has 3 saturated carbocycles. The quantitative estimate of drug-likeness (QED) is 0.611. The summed E-state index contributed by atoms with van der Waals surface area (Å²) in [6.07, 6.45) is 13.6. The number of allylic oxidation sites excluding steroid dienone is 2. The van der Waals surface area contributed by atoms with Crippen LogP contribution in [0.5, 0.6) is 0 Å². The lowest BCUT2D eigenvalue weighted by Crippen LogP contribution is -2.55. The standard InChI is InChI=1S/C22H30O3/c1-20-9-5-15(23)13-14(20)3-4-16-17(20)6-10-21(2)18(16)7-11-22(21)12-8-19(24)25-22/h5,9,14,16-18H,3-4,6-8,10-13H2,1-2H3/t14?,16?,17?,18?,20-,21-,22+/m0/s1. The van der Waals surface area contributed by atoms with E-state index in [9.17, 15) is 9.59 Å². The Bertz CT molecular complexity index is 666. The van der Waals surface area contributed by atoms with Crippen LogP contribution < -0.4 is 0 Å². The van der Waals surface area contributed by atoms with E-state index in [-0.39, 0.29) is 22.4 Å². The summed E-state index contributed by atoms with van der Waals surface area (Å²) in [5.41, 5.74) is 0.188. The molecule has 1 saturated heterocycles. The molecule has 1 heterocycles. The maximum Gasteiger partial charge on any atom is 0.306 e. The Balaban J connectivity index is 1.49. The predicted molar refractivity (Wildman–Crippen MR) is 94.7 cm³/mol. The van der Waals surface area contributed by atoms with Gasteiger partial charge in [0.1, 0.15) is 5.60 Å². The molecule has 7 atom stereocenters. The molecular weight excluding hydrogens is 312 g/mol. The summed E-state index contributed by atoms with van der Waals surface area (Å²) >= 11 is 0. The van der Waals surface area contributed by atoms with Gasteiger partial charge in [0.25, 0.3) is 0 Å². The molecule has 0 aromatic carbocycles. The van der Waals surface area contributed by atoms with Crippen molar-refractivity contribution in [1.29, 1.82) is 0 Å². The van der Waals surface area contributed by atoms with E-state index in [2.05, 4.69) is 19.9 Å².